The van der Waals surface area contributed by atoms with E-state index in [1.165, 1.54) is 25.3 Å². The number of ketones is 1. The zero-order valence-electron chi connectivity index (χ0n) is 21.8. The Hall–Kier alpha value is -4.33. The molecular weight excluding hydrogens is 524 g/mol. The van der Waals surface area contributed by atoms with Crippen LogP contribution in [0.1, 0.15) is 41.8 Å². The predicted molar refractivity (Wildman–Crippen MR) is 126 cm³/mol. The minimum atomic E-state index is -1.61. The van der Waals surface area contributed by atoms with Crippen LogP contribution in [0.4, 0.5) is 14.4 Å². The summed E-state index contributed by atoms with van der Waals surface area (Å²) in [5.74, 6) is -1.54. The average Bonchev–Trinajstić information content (AvgIpc) is 3.68. The highest BCUT2D eigenvalue weighted by Gasteiger charge is 2.48. The molecule has 0 bridgehead atoms. The van der Waals surface area contributed by atoms with E-state index in [0.29, 0.717) is 0 Å². The molecule has 3 rings (SSSR count). The van der Waals surface area contributed by atoms with Gasteiger partial charge in [-0.25, -0.2) is 19.2 Å². The van der Waals surface area contributed by atoms with Crippen molar-refractivity contribution in [1.29, 1.82) is 0 Å². The molecule has 1 aromatic carbocycles. The highest BCUT2D eigenvalue weighted by atomic mass is 16.8. The standard InChI is InChI=1S/C25H28O14/c1-12-7-6-8-15(26)21(39-25(30)34-5)18(38-24(29)33-4)11-17-20(36-17)14-9-13(31-2)10-16(37-23(28)32-3)19(14)22(27)35-12/h6,8-10,12,17-18,20-21H,7,11H2,1-5H3/b8-6+/t12-,17+,18-,20+,21+/m0/s1. The molecule has 1 aromatic rings. The van der Waals surface area contributed by atoms with E-state index in [9.17, 15) is 24.0 Å². The van der Waals surface area contributed by atoms with Crippen molar-refractivity contribution >= 4 is 30.2 Å². The molecule has 2 aliphatic rings. The number of hydrogen-bond donors (Lipinski definition) is 0. The second-order valence-corrected chi connectivity index (χ2v) is 8.34. The Morgan fingerprint density at radius 3 is 2.23 bits per heavy atom. The van der Waals surface area contributed by atoms with Crippen LogP contribution in [0.25, 0.3) is 0 Å². The Kier molecular flexibility index (Phi) is 9.71. The first-order valence-electron chi connectivity index (χ1n) is 11.7. The van der Waals surface area contributed by atoms with E-state index in [0.717, 1.165) is 27.4 Å². The van der Waals surface area contributed by atoms with Crippen molar-refractivity contribution in [3.63, 3.8) is 0 Å². The fraction of sp³-hybridized carbons (Fsp3) is 0.480. The minimum Gasteiger partial charge on any atom is -0.497 e. The second-order valence-electron chi connectivity index (χ2n) is 8.34. The third-order valence-corrected chi connectivity index (χ3v) is 5.74. The number of cyclic esters (lactones) is 1. The van der Waals surface area contributed by atoms with E-state index in [4.69, 9.17) is 28.4 Å². The Morgan fingerprint density at radius 2 is 1.59 bits per heavy atom. The van der Waals surface area contributed by atoms with Crippen molar-refractivity contribution in [3.8, 4) is 11.5 Å². The van der Waals surface area contributed by atoms with Gasteiger partial charge in [0.2, 0.25) is 6.10 Å². The number of ether oxygens (including phenoxy) is 9. The predicted octanol–water partition coefficient (Wildman–Crippen LogP) is 3.05. The quantitative estimate of drug-likeness (QED) is 0.231. The number of hydrogen-bond acceptors (Lipinski definition) is 14. The van der Waals surface area contributed by atoms with Crippen molar-refractivity contribution in [3.05, 3.63) is 35.4 Å². The maximum absolute atomic E-state index is 13.3. The van der Waals surface area contributed by atoms with Gasteiger partial charge in [0, 0.05) is 24.5 Å². The highest BCUT2D eigenvalue weighted by Crippen LogP contribution is 2.47. The molecule has 0 spiro atoms. The second kappa shape index (κ2) is 13.0. The largest absolute Gasteiger partial charge is 0.513 e. The van der Waals surface area contributed by atoms with E-state index < -0.39 is 60.7 Å². The third-order valence-electron chi connectivity index (χ3n) is 5.74. The molecule has 0 aromatic heterocycles. The van der Waals surface area contributed by atoms with Crippen LogP contribution in [0.2, 0.25) is 0 Å². The zero-order chi connectivity index (χ0) is 28.7. The molecule has 14 nitrogen and oxygen atoms in total. The van der Waals surface area contributed by atoms with Crippen LogP contribution in [0.3, 0.4) is 0 Å². The number of carbonyl (C=O) groups excluding carboxylic acids is 5. The van der Waals surface area contributed by atoms with E-state index >= 15 is 0 Å². The number of methoxy groups -OCH3 is 4. The molecule has 0 N–H and O–H groups in total. The highest BCUT2D eigenvalue weighted by molar-refractivity contribution is 5.96. The molecule has 0 amide bonds. The number of esters is 1. The minimum absolute atomic E-state index is 0.0756. The van der Waals surface area contributed by atoms with Gasteiger partial charge in [0.15, 0.2) is 17.6 Å². The number of fused-ring (bicyclic) bond motifs is 3. The molecule has 212 valence electrons. The lowest BCUT2D eigenvalue weighted by Gasteiger charge is -2.24. The summed E-state index contributed by atoms with van der Waals surface area (Å²) in [5.41, 5.74) is 0.113. The summed E-state index contributed by atoms with van der Waals surface area (Å²) in [6, 6.07) is 2.80. The van der Waals surface area contributed by atoms with Gasteiger partial charge in [-0.1, -0.05) is 6.08 Å². The van der Waals surface area contributed by atoms with Crippen molar-refractivity contribution in [2.45, 2.75) is 50.3 Å². The summed E-state index contributed by atoms with van der Waals surface area (Å²) in [6.07, 6.45) is -6.31. The number of epoxide rings is 1. The first-order valence-corrected chi connectivity index (χ1v) is 11.7. The lowest BCUT2D eigenvalue weighted by molar-refractivity contribution is -0.131. The van der Waals surface area contributed by atoms with E-state index in [1.54, 1.807) is 6.92 Å². The molecule has 1 saturated heterocycles. The van der Waals surface area contributed by atoms with Crippen molar-refractivity contribution in [2.24, 2.45) is 0 Å². The number of benzene rings is 1. The zero-order valence-corrected chi connectivity index (χ0v) is 21.8. The molecule has 0 unspecified atom stereocenters. The van der Waals surface area contributed by atoms with Crippen molar-refractivity contribution < 1.29 is 66.6 Å². The van der Waals surface area contributed by atoms with Crippen LogP contribution in [-0.2, 0) is 38.0 Å². The number of carbonyl (C=O) groups is 5. The lowest BCUT2D eigenvalue weighted by atomic mass is 9.96. The average molecular weight is 552 g/mol. The van der Waals surface area contributed by atoms with Crippen LogP contribution < -0.4 is 9.47 Å². The Balaban J connectivity index is 2.09. The smallest absolute Gasteiger partial charge is 0.497 e. The molecular formula is C25H28O14. The Bertz CT molecular complexity index is 1140. The van der Waals surface area contributed by atoms with Gasteiger partial charge in [-0.15, -0.1) is 0 Å². The Morgan fingerprint density at radius 1 is 0.923 bits per heavy atom. The van der Waals surface area contributed by atoms with E-state index in [2.05, 4.69) is 14.2 Å². The van der Waals surface area contributed by atoms with Crippen molar-refractivity contribution in [2.75, 3.05) is 28.4 Å². The third kappa shape index (κ3) is 7.37. The summed E-state index contributed by atoms with van der Waals surface area (Å²) in [5, 5.41) is 0. The first-order chi connectivity index (χ1) is 18.6. The fourth-order valence-electron chi connectivity index (χ4n) is 3.84. The summed E-state index contributed by atoms with van der Waals surface area (Å²) >= 11 is 0. The first kappa shape index (κ1) is 29.2. The van der Waals surface area contributed by atoms with Gasteiger partial charge < -0.3 is 42.6 Å². The maximum atomic E-state index is 13.3. The SMILES string of the molecule is COC(=O)Oc1cc(OC)cc2c1C(=O)O[C@@H](C)C/C=C/C(=O)[C@@H](OC(=O)OC)[C@@H](OC(=O)OC)C[C@H]1O[C@H]21. The Labute approximate surface area is 222 Å². The number of rotatable bonds is 4. The lowest BCUT2D eigenvalue weighted by Crippen LogP contribution is -2.41. The van der Waals surface area contributed by atoms with Crippen molar-refractivity contribution in [1.82, 2.24) is 0 Å². The molecule has 1 fully saturated rings. The van der Waals surface area contributed by atoms with Crippen LogP contribution >= 0.6 is 0 Å². The molecule has 39 heavy (non-hydrogen) atoms. The van der Waals surface area contributed by atoms with Gasteiger partial charge >= 0.3 is 24.4 Å². The van der Waals surface area contributed by atoms with E-state index in [1.807, 2.05) is 0 Å². The molecule has 2 heterocycles. The topological polar surface area (TPSA) is 172 Å². The van der Waals surface area contributed by atoms with Gasteiger partial charge in [-0.2, -0.15) is 0 Å². The maximum Gasteiger partial charge on any atom is 0.513 e. The summed E-state index contributed by atoms with van der Waals surface area (Å²) in [6.45, 7) is 1.57. The van der Waals surface area contributed by atoms with Gasteiger partial charge in [0.25, 0.3) is 0 Å². The summed E-state index contributed by atoms with van der Waals surface area (Å²) in [4.78, 5) is 62.1. The van der Waals surface area contributed by atoms with Crippen LogP contribution in [0, 0.1) is 0 Å². The van der Waals surface area contributed by atoms with Gasteiger partial charge in [-0.05, 0) is 19.1 Å². The van der Waals surface area contributed by atoms with Crippen LogP contribution in [-0.4, -0.2) is 83.1 Å². The van der Waals surface area contributed by atoms with Gasteiger partial charge in [-0.3, -0.25) is 4.79 Å². The fourth-order valence-corrected chi connectivity index (χ4v) is 3.84. The molecule has 2 aliphatic heterocycles. The van der Waals surface area contributed by atoms with Gasteiger partial charge in [0.05, 0.1) is 34.5 Å². The van der Waals surface area contributed by atoms with Gasteiger partial charge in [0.1, 0.15) is 23.5 Å². The van der Waals surface area contributed by atoms with Crippen LogP contribution in [0.5, 0.6) is 11.5 Å². The molecule has 0 saturated carbocycles. The summed E-state index contributed by atoms with van der Waals surface area (Å²) in [7, 11) is 4.59. The van der Waals surface area contributed by atoms with E-state index in [-0.39, 0.29) is 35.5 Å². The monoisotopic (exact) mass is 552 g/mol. The van der Waals surface area contributed by atoms with Crippen LogP contribution in [0.15, 0.2) is 24.3 Å². The molecule has 0 aliphatic carbocycles. The summed E-state index contributed by atoms with van der Waals surface area (Å²) < 4.78 is 45.8. The molecule has 0 radical (unpaired) electrons. The molecule has 14 heteroatoms. The molecule has 5 atom stereocenters. The normalized spacial score (nSPS) is 25.3.